The first kappa shape index (κ1) is 17.7. The molecule has 5 heteroatoms. The van der Waals surface area contributed by atoms with Crippen molar-refractivity contribution in [1.82, 2.24) is 5.32 Å². The third-order valence-corrected chi connectivity index (χ3v) is 3.74. The molecule has 0 heterocycles. The van der Waals surface area contributed by atoms with Gasteiger partial charge in [0.05, 0.1) is 11.3 Å². The van der Waals surface area contributed by atoms with Crippen molar-refractivity contribution in [2.75, 3.05) is 18.4 Å². The summed E-state index contributed by atoms with van der Waals surface area (Å²) in [7, 11) is 0. The first-order valence-electron chi connectivity index (χ1n) is 8.04. The highest BCUT2D eigenvalue weighted by Gasteiger charge is 2.15. The molecule has 2 rings (SSSR count). The van der Waals surface area contributed by atoms with E-state index in [9.17, 15) is 9.59 Å². The second kappa shape index (κ2) is 8.84. The number of anilines is 1. The highest BCUT2D eigenvalue weighted by molar-refractivity contribution is 6.03. The molecule has 0 aliphatic rings. The van der Waals surface area contributed by atoms with Crippen molar-refractivity contribution in [2.24, 2.45) is 5.73 Å². The molecule has 0 saturated heterocycles. The predicted octanol–water partition coefficient (Wildman–Crippen LogP) is 2.51. The predicted molar refractivity (Wildman–Crippen MR) is 95.9 cm³/mol. The summed E-state index contributed by atoms with van der Waals surface area (Å²) < 4.78 is 0. The summed E-state index contributed by atoms with van der Waals surface area (Å²) in [6.45, 7) is 2.77. The minimum Gasteiger partial charge on any atom is -0.351 e. The molecule has 1 atom stereocenters. The van der Waals surface area contributed by atoms with Gasteiger partial charge in [0.2, 0.25) is 5.91 Å². The van der Waals surface area contributed by atoms with Crippen molar-refractivity contribution >= 4 is 17.5 Å². The molecule has 0 aromatic heterocycles. The topological polar surface area (TPSA) is 84.2 Å². The van der Waals surface area contributed by atoms with Gasteiger partial charge in [0.15, 0.2) is 0 Å². The van der Waals surface area contributed by atoms with Crippen molar-refractivity contribution in [3.8, 4) is 0 Å². The van der Waals surface area contributed by atoms with E-state index in [-0.39, 0.29) is 17.7 Å². The summed E-state index contributed by atoms with van der Waals surface area (Å²) >= 11 is 0. The molecule has 0 aliphatic heterocycles. The molecule has 2 aromatic carbocycles. The Bertz CT molecular complexity index is 686. The smallest absolute Gasteiger partial charge is 0.253 e. The molecular formula is C19H23N3O2. The Morgan fingerprint density at radius 3 is 2.42 bits per heavy atom. The summed E-state index contributed by atoms with van der Waals surface area (Å²) in [4.78, 5) is 24.5. The lowest BCUT2D eigenvalue weighted by Crippen LogP contribution is -2.30. The molecule has 24 heavy (non-hydrogen) atoms. The third-order valence-electron chi connectivity index (χ3n) is 3.74. The van der Waals surface area contributed by atoms with E-state index in [1.165, 1.54) is 0 Å². The molecule has 0 fully saturated rings. The van der Waals surface area contributed by atoms with E-state index in [2.05, 4.69) is 10.6 Å². The zero-order chi connectivity index (χ0) is 17.4. The number of para-hydroxylation sites is 1. The minimum absolute atomic E-state index is 0.101. The lowest BCUT2D eigenvalue weighted by molar-refractivity contribution is -0.116. The van der Waals surface area contributed by atoms with Crippen LogP contribution in [0.25, 0.3) is 0 Å². The SMILES string of the molecule is CC(CC(=O)Nc1ccccc1C(=O)NCCN)c1ccccc1. The van der Waals surface area contributed by atoms with Crippen molar-refractivity contribution in [1.29, 1.82) is 0 Å². The first-order valence-corrected chi connectivity index (χ1v) is 8.04. The van der Waals surface area contributed by atoms with E-state index >= 15 is 0 Å². The van der Waals surface area contributed by atoms with Crippen LogP contribution in [0.5, 0.6) is 0 Å². The van der Waals surface area contributed by atoms with E-state index in [0.29, 0.717) is 30.8 Å². The van der Waals surface area contributed by atoms with Crippen molar-refractivity contribution in [3.63, 3.8) is 0 Å². The molecule has 0 radical (unpaired) electrons. The third kappa shape index (κ3) is 4.93. The maximum atomic E-state index is 12.3. The lowest BCUT2D eigenvalue weighted by atomic mass is 9.97. The van der Waals surface area contributed by atoms with E-state index < -0.39 is 0 Å². The molecule has 1 unspecified atom stereocenters. The van der Waals surface area contributed by atoms with Gasteiger partial charge in [-0.3, -0.25) is 9.59 Å². The van der Waals surface area contributed by atoms with Crippen LogP contribution >= 0.6 is 0 Å². The molecule has 0 saturated carbocycles. The van der Waals surface area contributed by atoms with Crippen LogP contribution in [0.1, 0.15) is 35.2 Å². The van der Waals surface area contributed by atoms with Gasteiger partial charge in [-0.15, -0.1) is 0 Å². The number of carbonyl (C=O) groups excluding carboxylic acids is 2. The van der Waals surface area contributed by atoms with Crippen molar-refractivity contribution in [3.05, 3.63) is 65.7 Å². The van der Waals surface area contributed by atoms with Gasteiger partial charge in [-0.2, -0.15) is 0 Å². The Kier molecular flexibility index (Phi) is 6.51. The second-order valence-electron chi connectivity index (χ2n) is 5.65. The van der Waals surface area contributed by atoms with Gasteiger partial charge in [0.25, 0.3) is 5.91 Å². The summed E-state index contributed by atoms with van der Waals surface area (Å²) in [6, 6.07) is 16.8. The Morgan fingerprint density at radius 2 is 1.71 bits per heavy atom. The molecule has 4 N–H and O–H groups in total. The normalized spacial score (nSPS) is 11.6. The average Bonchev–Trinajstić information content (AvgIpc) is 2.60. The summed E-state index contributed by atoms with van der Waals surface area (Å²) in [5.41, 5.74) is 7.46. The number of rotatable bonds is 7. The Hall–Kier alpha value is -2.66. The molecule has 0 spiro atoms. The van der Waals surface area contributed by atoms with Crippen LogP contribution < -0.4 is 16.4 Å². The number of nitrogens with two attached hydrogens (primary N) is 1. The standard InChI is InChI=1S/C19H23N3O2/c1-14(15-7-3-2-4-8-15)13-18(23)22-17-10-6-5-9-16(17)19(24)21-12-11-20/h2-10,14H,11-13,20H2,1H3,(H,21,24)(H,22,23). The lowest BCUT2D eigenvalue weighted by Gasteiger charge is -2.14. The van der Waals surface area contributed by atoms with Crippen molar-refractivity contribution in [2.45, 2.75) is 19.3 Å². The minimum atomic E-state index is -0.243. The summed E-state index contributed by atoms with van der Waals surface area (Å²) in [5.74, 6) is -0.262. The number of nitrogens with one attached hydrogen (secondary N) is 2. The number of carbonyl (C=O) groups is 2. The molecule has 2 amide bonds. The Balaban J connectivity index is 2.02. The number of benzene rings is 2. The fourth-order valence-electron chi connectivity index (χ4n) is 2.45. The van der Waals surface area contributed by atoms with Gasteiger partial charge in [-0.1, -0.05) is 49.4 Å². The summed E-state index contributed by atoms with van der Waals surface area (Å²) in [5, 5.41) is 5.55. The molecule has 126 valence electrons. The van der Waals surface area contributed by atoms with Crippen molar-refractivity contribution < 1.29 is 9.59 Å². The number of amides is 2. The zero-order valence-electron chi connectivity index (χ0n) is 13.8. The zero-order valence-corrected chi connectivity index (χ0v) is 13.8. The van der Waals surface area contributed by atoms with Crippen LogP contribution in [0.2, 0.25) is 0 Å². The van der Waals surface area contributed by atoms with Crippen LogP contribution in [0.15, 0.2) is 54.6 Å². The van der Waals surface area contributed by atoms with Gasteiger partial charge in [0.1, 0.15) is 0 Å². The van der Waals surface area contributed by atoms with Gasteiger partial charge >= 0.3 is 0 Å². The van der Waals surface area contributed by atoms with Crippen LogP contribution in [-0.4, -0.2) is 24.9 Å². The summed E-state index contributed by atoms with van der Waals surface area (Å²) in [6.07, 6.45) is 0.350. The molecule has 2 aromatic rings. The van der Waals surface area contributed by atoms with E-state index in [4.69, 9.17) is 5.73 Å². The fourth-order valence-corrected chi connectivity index (χ4v) is 2.45. The molecular weight excluding hydrogens is 302 g/mol. The molecule has 5 nitrogen and oxygen atoms in total. The monoisotopic (exact) mass is 325 g/mol. The van der Waals surface area contributed by atoms with Gasteiger partial charge in [-0.05, 0) is 23.6 Å². The highest BCUT2D eigenvalue weighted by Crippen LogP contribution is 2.21. The van der Waals surface area contributed by atoms with E-state index in [1.54, 1.807) is 24.3 Å². The second-order valence-corrected chi connectivity index (χ2v) is 5.65. The van der Waals surface area contributed by atoms with Gasteiger partial charge < -0.3 is 16.4 Å². The van der Waals surface area contributed by atoms with Gasteiger partial charge in [-0.25, -0.2) is 0 Å². The highest BCUT2D eigenvalue weighted by atomic mass is 16.2. The van der Waals surface area contributed by atoms with Crippen LogP contribution in [0, 0.1) is 0 Å². The van der Waals surface area contributed by atoms with Crippen LogP contribution in [-0.2, 0) is 4.79 Å². The molecule has 0 bridgehead atoms. The Labute approximate surface area is 142 Å². The fraction of sp³-hybridized carbons (Fsp3) is 0.263. The number of hydrogen-bond donors (Lipinski definition) is 3. The quantitative estimate of drug-likeness (QED) is 0.731. The van der Waals surface area contributed by atoms with Crippen LogP contribution in [0.3, 0.4) is 0 Å². The largest absolute Gasteiger partial charge is 0.351 e. The molecule has 0 aliphatic carbocycles. The van der Waals surface area contributed by atoms with E-state index in [0.717, 1.165) is 5.56 Å². The maximum Gasteiger partial charge on any atom is 0.253 e. The Morgan fingerprint density at radius 1 is 1.04 bits per heavy atom. The van der Waals surface area contributed by atoms with Gasteiger partial charge in [0, 0.05) is 19.5 Å². The maximum absolute atomic E-state index is 12.3. The van der Waals surface area contributed by atoms with Crippen LogP contribution in [0.4, 0.5) is 5.69 Å². The first-order chi connectivity index (χ1) is 11.6. The average molecular weight is 325 g/mol. The van der Waals surface area contributed by atoms with E-state index in [1.807, 2.05) is 37.3 Å². The number of hydrogen-bond acceptors (Lipinski definition) is 3.